The maximum atomic E-state index is 11.1. The summed E-state index contributed by atoms with van der Waals surface area (Å²) in [5, 5.41) is 19.4. The van der Waals surface area contributed by atoms with Crippen LogP contribution in [0.15, 0.2) is 11.1 Å². The molecule has 4 rings (SSSR count). The summed E-state index contributed by atoms with van der Waals surface area (Å²) in [5.41, 5.74) is 4.24. The van der Waals surface area contributed by atoms with E-state index in [1.165, 1.54) is 38.5 Å². The molecule has 4 aliphatic carbocycles. The maximum absolute atomic E-state index is 11.1. The lowest BCUT2D eigenvalue weighted by molar-refractivity contribution is -0.137. The highest BCUT2D eigenvalue weighted by Gasteiger charge is 2.57. The second-order valence-corrected chi connectivity index (χ2v) is 11.3. The molecular weight excluding hydrogens is 348 g/mol. The summed E-state index contributed by atoms with van der Waals surface area (Å²) in [6.07, 6.45) is 10.5. The molecule has 0 spiro atoms. The molecule has 8 atom stereocenters. The number of hydrogen-bond donors (Lipinski definition) is 2. The first kappa shape index (κ1) is 20.4. The second kappa shape index (κ2) is 7.15. The Balaban J connectivity index is 1.64. The van der Waals surface area contributed by atoms with E-state index in [0.717, 1.165) is 19.3 Å². The van der Waals surface area contributed by atoms with Gasteiger partial charge in [0.05, 0.1) is 6.10 Å². The van der Waals surface area contributed by atoms with Crippen LogP contribution in [0.3, 0.4) is 0 Å². The number of carboxylic acids is 1. The zero-order valence-electron chi connectivity index (χ0n) is 18.3. The average Bonchev–Trinajstić information content (AvgIpc) is 2.98. The first-order chi connectivity index (χ1) is 13.2. The number of hydrogen-bond acceptors (Lipinski definition) is 2. The van der Waals surface area contributed by atoms with Crippen molar-refractivity contribution in [1.29, 1.82) is 0 Å². The minimum atomic E-state index is -0.656. The smallest absolute Gasteiger partial charge is 0.303 e. The Morgan fingerprint density at radius 3 is 2.64 bits per heavy atom. The molecule has 0 bridgehead atoms. The molecule has 28 heavy (non-hydrogen) atoms. The number of carboxylic acid groups (broad SMARTS) is 1. The van der Waals surface area contributed by atoms with Crippen molar-refractivity contribution in [2.75, 3.05) is 0 Å². The van der Waals surface area contributed by atoms with Crippen LogP contribution in [0.25, 0.3) is 0 Å². The molecule has 0 amide bonds. The number of aliphatic hydroxyl groups excluding tert-OH is 1. The number of fused-ring (bicyclic) bond motifs is 4. The van der Waals surface area contributed by atoms with Gasteiger partial charge in [-0.3, -0.25) is 4.79 Å². The van der Waals surface area contributed by atoms with Crippen molar-refractivity contribution < 1.29 is 15.0 Å². The Labute approximate surface area is 171 Å². The molecule has 0 aliphatic heterocycles. The van der Waals surface area contributed by atoms with Gasteiger partial charge < -0.3 is 10.2 Å². The third kappa shape index (κ3) is 3.07. The number of aliphatic hydroxyl groups is 1. The Morgan fingerprint density at radius 2 is 1.93 bits per heavy atom. The Kier molecular flexibility index (Phi) is 5.22. The summed E-state index contributed by atoms with van der Waals surface area (Å²) >= 11 is 0. The SMILES string of the molecule is CC1C[C@@H]2C[C@H](O)CC[C@]2(C)[C@H]2CC[C@@]3(C)C(=C12)CC[C@@H]3[C@H](C)CCC(=O)O. The van der Waals surface area contributed by atoms with Gasteiger partial charge in [0, 0.05) is 6.42 Å². The molecule has 0 aromatic heterocycles. The second-order valence-electron chi connectivity index (χ2n) is 11.3. The van der Waals surface area contributed by atoms with E-state index >= 15 is 0 Å². The minimum Gasteiger partial charge on any atom is -0.481 e. The molecule has 0 aromatic rings. The van der Waals surface area contributed by atoms with Gasteiger partial charge >= 0.3 is 5.97 Å². The third-order valence-corrected chi connectivity index (χ3v) is 9.86. The zero-order chi connectivity index (χ0) is 20.3. The number of carbonyl (C=O) groups is 1. The van der Waals surface area contributed by atoms with Crippen LogP contribution in [0.4, 0.5) is 0 Å². The van der Waals surface area contributed by atoms with Crippen molar-refractivity contribution >= 4 is 5.97 Å². The molecule has 0 radical (unpaired) electrons. The van der Waals surface area contributed by atoms with Crippen molar-refractivity contribution in [3.63, 3.8) is 0 Å². The maximum Gasteiger partial charge on any atom is 0.303 e. The summed E-state index contributed by atoms with van der Waals surface area (Å²) in [6, 6.07) is 0. The largest absolute Gasteiger partial charge is 0.481 e. The molecule has 3 saturated carbocycles. The standard InChI is InChI=1S/C25H40O3/c1-15(5-8-22(27)28)19-6-7-20-23-16(2)13-17-14-18(26)9-11-24(17,3)21(23)10-12-25(19,20)4/h15-19,21,26H,5-14H2,1-4H3,(H,27,28)/t15-,16?,17-,18-,19-,21+,24+,25-/m1/s1. The highest BCUT2D eigenvalue weighted by molar-refractivity contribution is 5.66. The molecule has 3 fully saturated rings. The van der Waals surface area contributed by atoms with E-state index in [2.05, 4.69) is 27.7 Å². The average molecular weight is 389 g/mol. The van der Waals surface area contributed by atoms with Crippen molar-refractivity contribution in [3.8, 4) is 0 Å². The highest BCUT2D eigenvalue weighted by Crippen LogP contribution is 2.66. The van der Waals surface area contributed by atoms with Gasteiger partial charge in [-0.15, -0.1) is 0 Å². The van der Waals surface area contributed by atoms with E-state index in [4.69, 9.17) is 5.11 Å². The summed E-state index contributed by atoms with van der Waals surface area (Å²) in [4.78, 5) is 11.1. The summed E-state index contributed by atoms with van der Waals surface area (Å²) in [7, 11) is 0. The Bertz CT molecular complexity index is 667. The van der Waals surface area contributed by atoms with E-state index in [0.29, 0.717) is 41.4 Å². The van der Waals surface area contributed by atoms with Crippen molar-refractivity contribution in [2.24, 2.45) is 40.4 Å². The predicted molar refractivity (Wildman–Crippen MR) is 112 cm³/mol. The number of rotatable bonds is 4. The number of aliphatic carboxylic acids is 1. The molecule has 1 unspecified atom stereocenters. The van der Waals surface area contributed by atoms with E-state index in [1.54, 1.807) is 11.1 Å². The Hall–Kier alpha value is -0.830. The molecule has 2 N–H and O–H groups in total. The van der Waals surface area contributed by atoms with Crippen LogP contribution in [0.5, 0.6) is 0 Å². The minimum absolute atomic E-state index is 0.0840. The number of allylic oxidation sites excluding steroid dienone is 2. The van der Waals surface area contributed by atoms with Gasteiger partial charge in [-0.25, -0.2) is 0 Å². The van der Waals surface area contributed by atoms with Gasteiger partial charge in [-0.1, -0.05) is 38.8 Å². The van der Waals surface area contributed by atoms with Crippen LogP contribution in [-0.4, -0.2) is 22.3 Å². The van der Waals surface area contributed by atoms with Crippen molar-refractivity contribution in [2.45, 2.75) is 98.0 Å². The van der Waals surface area contributed by atoms with Gasteiger partial charge in [-0.05, 0) is 98.2 Å². The molecule has 0 heterocycles. The lowest BCUT2D eigenvalue weighted by atomic mass is 9.47. The van der Waals surface area contributed by atoms with Crippen LogP contribution >= 0.6 is 0 Å². The molecule has 0 aromatic carbocycles. The van der Waals surface area contributed by atoms with E-state index in [9.17, 15) is 9.90 Å². The topological polar surface area (TPSA) is 57.5 Å². The molecule has 158 valence electrons. The zero-order valence-corrected chi connectivity index (χ0v) is 18.3. The van der Waals surface area contributed by atoms with Gasteiger partial charge in [-0.2, -0.15) is 0 Å². The van der Waals surface area contributed by atoms with Crippen LogP contribution in [0.1, 0.15) is 91.9 Å². The van der Waals surface area contributed by atoms with Crippen LogP contribution in [0.2, 0.25) is 0 Å². The molecule has 4 aliphatic rings. The molecule has 3 heteroatoms. The van der Waals surface area contributed by atoms with Gasteiger partial charge in [0.1, 0.15) is 0 Å². The normalized spacial score (nSPS) is 46.5. The lowest BCUT2D eigenvalue weighted by Crippen LogP contribution is -2.50. The highest BCUT2D eigenvalue weighted by atomic mass is 16.4. The first-order valence-corrected chi connectivity index (χ1v) is 11.8. The van der Waals surface area contributed by atoms with Crippen LogP contribution < -0.4 is 0 Å². The molecule has 3 nitrogen and oxygen atoms in total. The summed E-state index contributed by atoms with van der Waals surface area (Å²) in [5.74, 6) is 2.51. The monoisotopic (exact) mass is 388 g/mol. The fraction of sp³-hybridized carbons (Fsp3) is 0.880. The van der Waals surface area contributed by atoms with E-state index in [-0.39, 0.29) is 11.5 Å². The lowest BCUT2D eigenvalue weighted by Gasteiger charge is -2.58. The predicted octanol–water partition coefficient (Wildman–Crippen LogP) is 5.82. The third-order valence-electron chi connectivity index (χ3n) is 9.86. The van der Waals surface area contributed by atoms with E-state index in [1.807, 2.05) is 0 Å². The van der Waals surface area contributed by atoms with E-state index < -0.39 is 5.97 Å². The molecule has 0 saturated heterocycles. The van der Waals surface area contributed by atoms with Crippen molar-refractivity contribution in [3.05, 3.63) is 11.1 Å². The van der Waals surface area contributed by atoms with Gasteiger partial charge in [0.15, 0.2) is 0 Å². The first-order valence-electron chi connectivity index (χ1n) is 11.8. The quantitative estimate of drug-likeness (QED) is 0.597. The fourth-order valence-corrected chi connectivity index (χ4v) is 8.31. The van der Waals surface area contributed by atoms with Gasteiger partial charge in [0.2, 0.25) is 0 Å². The Morgan fingerprint density at radius 1 is 1.18 bits per heavy atom. The van der Waals surface area contributed by atoms with Gasteiger partial charge in [0.25, 0.3) is 0 Å². The van der Waals surface area contributed by atoms with Crippen molar-refractivity contribution in [1.82, 2.24) is 0 Å². The summed E-state index contributed by atoms with van der Waals surface area (Å²) in [6.45, 7) is 9.78. The summed E-state index contributed by atoms with van der Waals surface area (Å²) < 4.78 is 0. The fourth-order valence-electron chi connectivity index (χ4n) is 8.31. The van der Waals surface area contributed by atoms with Crippen LogP contribution in [-0.2, 0) is 4.79 Å². The van der Waals surface area contributed by atoms with Crippen LogP contribution in [0, 0.1) is 40.4 Å². The molecular formula is C25H40O3.